The van der Waals surface area contributed by atoms with Crippen LogP contribution in [0.4, 0.5) is 5.69 Å². The van der Waals surface area contributed by atoms with Crippen LogP contribution >= 0.6 is 0 Å². The summed E-state index contributed by atoms with van der Waals surface area (Å²) in [5, 5.41) is 5.14. The van der Waals surface area contributed by atoms with E-state index in [4.69, 9.17) is 0 Å². The molecule has 1 aliphatic rings. The van der Waals surface area contributed by atoms with Crippen LogP contribution in [0.1, 0.15) is 0 Å². The van der Waals surface area contributed by atoms with Crippen molar-refractivity contribution in [3.63, 3.8) is 0 Å². The summed E-state index contributed by atoms with van der Waals surface area (Å²) >= 11 is 0. The Labute approximate surface area is 124 Å². The summed E-state index contributed by atoms with van der Waals surface area (Å²) in [5.41, 5.74) is 0.841. The molecule has 0 atom stereocenters. The van der Waals surface area contributed by atoms with Gasteiger partial charge in [-0.1, -0.05) is 6.07 Å². The molecule has 1 fully saturated rings. The third-order valence-electron chi connectivity index (χ3n) is 3.89. The molecule has 0 saturated carbocycles. The van der Waals surface area contributed by atoms with Gasteiger partial charge in [0.2, 0.25) is 5.91 Å². The lowest BCUT2D eigenvalue weighted by Gasteiger charge is -2.31. The number of likely N-dealkylation sites (N-methyl/N-ethyl adjacent to an activating group) is 1. The van der Waals surface area contributed by atoms with E-state index >= 15 is 0 Å². The lowest BCUT2D eigenvalue weighted by molar-refractivity contribution is -0.117. The number of anilines is 1. The van der Waals surface area contributed by atoms with E-state index in [1.807, 2.05) is 30.5 Å². The molecule has 0 unspecified atom stereocenters. The molecule has 2 heterocycles. The third kappa shape index (κ3) is 3.56. The molecule has 1 aromatic carbocycles. The quantitative estimate of drug-likeness (QED) is 0.926. The van der Waals surface area contributed by atoms with E-state index in [1.165, 1.54) is 0 Å². The molecule has 3 rings (SSSR count). The number of piperazine rings is 1. The molecule has 1 N–H and O–H groups in total. The zero-order valence-corrected chi connectivity index (χ0v) is 12.2. The minimum absolute atomic E-state index is 0.0490. The minimum Gasteiger partial charge on any atom is -0.325 e. The van der Waals surface area contributed by atoms with E-state index in [9.17, 15) is 4.79 Å². The van der Waals surface area contributed by atoms with E-state index in [-0.39, 0.29) is 5.91 Å². The molecular formula is C16H20N4O. The zero-order chi connectivity index (χ0) is 14.7. The summed E-state index contributed by atoms with van der Waals surface area (Å²) in [6.07, 6.45) is 3.59. The van der Waals surface area contributed by atoms with Gasteiger partial charge in [-0.05, 0) is 30.6 Å². The van der Waals surface area contributed by atoms with Crippen molar-refractivity contribution in [2.75, 3.05) is 45.1 Å². The van der Waals surface area contributed by atoms with Gasteiger partial charge in [0.25, 0.3) is 0 Å². The Kier molecular flexibility index (Phi) is 4.13. The molecule has 1 aliphatic heterocycles. The second-order valence-corrected chi connectivity index (χ2v) is 5.57. The van der Waals surface area contributed by atoms with Crippen molar-refractivity contribution in [3.8, 4) is 0 Å². The lowest BCUT2D eigenvalue weighted by Crippen LogP contribution is -2.47. The average molecular weight is 284 g/mol. The SMILES string of the molecule is CN1CCN(CC(=O)Nc2ccc3cnccc3c2)CC1. The highest BCUT2D eigenvalue weighted by atomic mass is 16.2. The number of pyridine rings is 1. The molecular weight excluding hydrogens is 264 g/mol. The molecule has 5 nitrogen and oxygen atoms in total. The number of amides is 1. The molecule has 0 aliphatic carbocycles. The number of hydrogen-bond acceptors (Lipinski definition) is 4. The van der Waals surface area contributed by atoms with E-state index in [2.05, 4.69) is 27.1 Å². The normalized spacial score (nSPS) is 17.0. The predicted molar refractivity (Wildman–Crippen MR) is 84.3 cm³/mol. The predicted octanol–water partition coefficient (Wildman–Crippen LogP) is 1.42. The molecule has 110 valence electrons. The summed E-state index contributed by atoms with van der Waals surface area (Å²) in [6, 6.07) is 7.84. The van der Waals surface area contributed by atoms with Crippen molar-refractivity contribution >= 4 is 22.4 Å². The van der Waals surface area contributed by atoms with Crippen LogP contribution in [0.25, 0.3) is 10.8 Å². The molecule has 1 aromatic heterocycles. The summed E-state index contributed by atoms with van der Waals surface area (Å²) in [6.45, 7) is 4.41. The summed E-state index contributed by atoms with van der Waals surface area (Å²) in [4.78, 5) is 20.7. The van der Waals surface area contributed by atoms with Crippen molar-refractivity contribution in [2.24, 2.45) is 0 Å². The zero-order valence-electron chi connectivity index (χ0n) is 12.2. The van der Waals surface area contributed by atoms with Crippen molar-refractivity contribution in [2.45, 2.75) is 0 Å². The van der Waals surface area contributed by atoms with Gasteiger partial charge in [0.05, 0.1) is 6.54 Å². The first-order chi connectivity index (χ1) is 10.2. The number of benzene rings is 1. The van der Waals surface area contributed by atoms with Crippen molar-refractivity contribution < 1.29 is 4.79 Å². The van der Waals surface area contributed by atoms with E-state index in [0.29, 0.717) is 6.54 Å². The Hall–Kier alpha value is -1.98. The van der Waals surface area contributed by atoms with Crippen LogP contribution in [0.2, 0.25) is 0 Å². The fraction of sp³-hybridized carbons (Fsp3) is 0.375. The molecule has 2 aromatic rings. The van der Waals surface area contributed by atoms with Crippen LogP contribution in [0.15, 0.2) is 36.7 Å². The van der Waals surface area contributed by atoms with Crippen LogP contribution in [0, 0.1) is 0 Å². The van der Waals surface area contributed by atoms with Gasteiger partial charge in [-0.3, -0.25) is 14.7 Å². The minimum atomic E-state index is 0.0490. The highest BCUT2D eigenvalue weighted by molar-refractivity contribution is 5.95. The molecule has 1 saturated heterocycles. The Morgan fingerprint density at radius 3 is 2.81 bits per heavy atom. The summed E-state index contributed by atoms with van der Waals surface area (Å²) in [7, 11) is 2.11. The first-order valence-corrected chi connectivity index (χ1v) is 7.25. The van der Waals surface area contributed by atoms with Crippen LogP contribution < -0.4 is 5.32 Å². The molecule has 5 heteroatoms. The first kappa shape index (κ1) is 14.0. The Bertz CT molecular complexity index is 635. The van der Waals surface area contributed by atoms with Crippen LogP contribution in [-0.2, 0) is 4.79 Å². The van der Waals surface area contributed by atoms with Gasteiger partial charge in [0.15, 0.2) is 0 Å². The fourth-order valence-electron chi connectivity index (χ4n) is 2.57. The van der Waals surface area contributed by atoms with Gasteiger partial charge in [0.1, 0.15) is 0 Å². The standard InChI is InChI=1S/C16H20N4O/c1-19-6-8-20(9-7-19)12-16(21)18-15-3-2-14-11-17-5-4-13(14)10-15/h2-5,10-11H,6-9,12H2,1H3,(H,18,21). The second-order valence-electron chi connectivity index (χ2n) is 5.57. The maximum Gasteiger partial charge on any atom is 0.238 e. The maximum absolute atomic E-state index is 12.1. The number of aromatic nitrogens is 1. The smallest absolute Gasteiger partial charge is 0.238 e. The Balaban J connectivity index is 1.60. The second kappa shape index (κ2) is 6.20. The highest BCUT2D eigenvalue weighted by Gasteiger charge is 2.16. The number of fused-ring (bicyclic) bond motifs is 1. The van der Waals surface area contributed by atoms with Gasteiger partial charge in [-0.15, -0.1) is 0 Å². The van der Waals surface area contributed by atoms with E-state index < -0.39 is 0 Å². The van der Waals surface area contributed by atoms with Gasteiger partial charge >= 0.3 is 0 Å². The van der Waals surface area contributed by atoms with Crippen molar-refractivity contribution in [3.05, 3.63) is 36.7 Å². The van der Waals surface area contributed by atoms with Crippen molar-refractivity contribution in [1.82, 2.24) is 14.8 Å². The fourth-order valence-corrected chi connectivity index (χ4v) is 2.57. The summed E-state index contributed by atoms with van der Waals surface area (Å²) < 4.78 is 0. The van der Waals surface area contributed by atoms with Gasteiger partial charge in [-0.25, -0.2) is 0 Å². The number of carbonyl (C=O) groups excluding carboxylic acids is 1. The largest absolute Gasteiger partial charge is 0.325 e. The van der Waals surface area contributed by atoms with E-state index in [1.54, 1.807) is 6.20 Å². The first-order valence-electron chi connectivity index (χ1n) is 7.25. The lowest BCUT2D eigenvalue weighted by atomic mass is 10.1. The molecule has 21 heavy (non-hydrogen) atoms. The highest BCUT2D eigenvalue weighted by Crippen LogP contribution is 2.17. The molecule has 0 spiro atoms. The number of hydrogen-bond donors (Lipinski definition) is 1. The molecule has 1 amide bonds. The van der Waals surface area contributed by atoms with Gasteiger partial charge in [-0.2, -0.15) is 0 Å². The monoisotopic (exact) mass is 284 g/mol. The molecule has 0 radical (unpaired) electrons. The number of nitrogens with one attached hydrogen (secondary N) is 1. The van der Waals surface area contributed by atoms with Crippen LogP contribution in [-0.4, -0.2) is 60.5 Å². The third-order valence-corrected chi connectivity index (χ3v) is 3.89. The van der Waals surface area contributed by atoms with E-state index in [0.717, 1.165) is 42.6 Å². The topological polar surface area (TPSA) is 48.5 Å². The van der Waals surface area contributed by atoms with Crippen molar-refractivity contribution in [1.29, 1.82) is 0 Å². The summed E-state index contributed by atoms with van der Waals surface area (Å²) in [5.74, 6) is 0.0490. The van der Waals surface area contributed by atoms with Gasteiger partial charge in [0, 0.05) is 49.6 Å². The number of rotatable bonds is 3. The van der Waals surface area contributed by atoms with Crippen LogP contribution in [0.3, 0.4) is 0 Å². The molecule has 0 bridgehead atoms. The average Bonchev–Trinajstić information content (AvgIpc) is 2.49. The van der Waals surface area contributed by atoms with Gasteiger partial charge < -0.3 is 10.2 Å². The number of nitrogens with zero attached hydrogens (tertiary/aromatic N) is 3. The number of carbonyl (C=O) groups is 1. The Morgan fingerprint density at radius 1 is 1.19 bits per heavy atom. The maximum atomic E-state index is 12.1. The van der Waals surface area contributed by atoms with Crippen LogP contribution in [0.5, 0.6) is 0 Å². The Morgan fingerprint density at radius 2 is 2.00 bits per heavy atom.